The highest BCUT2D eigenvalue weighted by molar-refractivity contribution is 6.33. The lowest BCUT2D eigenvalue weighted by Crippen LogP contribution is -2.25. The molecule has 1 aliphatic rings. The van der Waals surface area contributed by atoms with Gasteiger partial charge in [-0.2, -0.15) is 0 Å². The van der Waals surface area contributed by atoms with Gasteiger partial charge in [-0.05, 0) is 36.6 Å². The van der Waals surface area contributed by atoms with Gasteiger partial charge in [-0.1, -0.05) is 6.92 Å². The molecule has 0 bridgehead atoms. The van der Waals surface area contributed by atoms with Crippen LogP contribution in [0.1, 0.15) is 49.9 Å². The van der Waals surface area contributed by atoms with E-state index >= 15 is 0 Å². The molecule has 0 amide bonds. The fourth-order valence-electron chi connectivity index (χ4n) is 3.04. The Balaban J connectivity index is 2.46. The third-order valence-electron chi connectivity index (χ3n) is 4.22. The van der Waals surface area contributed by atoms with Crippen LogP contribution in [0.25, 0.3) is 0 Å². The summed E-state index contributed by atoms with van der Waals surface area (Å²) in [5.41, 5.74) is 12.4. The number of phenolic OH excluding ortho intramolecular Hbond substituents is 2. The van der Waals surface area contributed by atoms with E-state index in [0.29, 0.717) is 17.5 Å². The average molecular weight is 312 g/mol. The van der Waals surface area contributed by atoms with E-state index in [1.165, 1.54) is 12.1 Å². The molecule has 2 aromatic carbocycles. The van der Waals surface area contributed by atoms with Crippen LogP contribution in [-0.2, 0) is 6.42 Å². The summed E-state index contributed by atoms with van der Waals surface area (Å²) in [7, 11) is 0. The topological polar surface area (TPSA) is 127 Å². The lowest BCUT2D eigenvalue weighted by atomic mass is 9.79. The number of aryl methyl sites for hydroxylation is 2. The molecule has 0 aromatic heterocycles. The first-order valence-corrected chi connectivity index (χ1v) is 7.15. The molecule has 0 saturated carbocycles. The molecule has 0 spiro atoms. The number of aromatic hydroxyl groups is 2. The van der Waals surface area contributed by atoms with E-state index in [2.05, 4.69) is 0 Å². The summed E-state index contributed by atoms with van der Waals surface area (Å²) in [6, 6.07) is 2.91. The van der Waals surface area contributed by atoms with E-state index in [1.807, 2.05) is 0 Å². The minimum atomic E-state index is -0.651. The van der Waals surface area contributed by atoms with Gasteiger partial charge in [-0.15, -0.1) is 0 Å². The monoisotopic (exact) mass is 312 g/mol. The Morgan fingerprint density at radius 1 is 0.870 bits per heavy atom. The number of anilines is 2. The van der Waals surface area contributed by atoms with E-state index in [0.717, 1.165) is 0 Å². The molecule has 118 valence electrons. The maximum absolute atomic E-state index is 12.8. The molecule has 0 atom stereocenters. The summed E-state index contributed by atoms with van der Waals surface area (Å²) in [5.74, 6) is -1.81. The zero-order chi connectivity index (χ0) is 17.0. The molecule has 0 radical (unpaired) electrons. The van der Waals surface area contributed by atoms with Crippen LogP contribution >= 0.6 is 0 Å². The number of benzene rings is 2. The van der Waals surface area contributed by atoms with Crippen molar-refractivity contribution in [3.05, 3.63) is 45.5 Å². The SMILES string of the molecule is CCc1cc(N)c2c(c1O)C(=O)c1c(O)c(C)cc(N)c1C2=O. The van der Waals surface area contributed by atoms with Gasteiger partial charge in [-0.3, -0.25) is 9.59 Å². The van der Waals surface area contributed by atoms with Crippen molar-refractivity contribution >= 4 is 22.9 Å². The Kier molecular flexibility index (Phi) is 3.07. The van der Waals surface area contributed by atoms with Crippen molar-refractivity contribution < 1.29 is 19.8 Å². The lowest BCUT2D eigenvalue weighted by Gasteiger charge is -2.23. The summed E-state index contributed by atoms with van der Waals surface area (Å²) in [4.78, 5) is 25.6. The summed E-state index contributed by atoms with van der Waals surface area (Å²) in [5, 5.41) is 20.6. The first kappa shape index (κ1) is 14.9. The number of hydrogen-bond acceptors (Lipinski definition) is 6. The van der Waals surface area contributed by atoms with Crippen LogP contribution in [0.3, 0.4) is 0 Å². The van der Waals surface area contributed by atoms with Gasteiger partial charge in [0.05, 0.1) is 22.3 Å². The molecule has 0 fully saturated rings. The Morgan fingerprint density at radius 2 is 1.35 bits per heavy atom. The molecular formula is C17H16N2O4. The summed E-state index contributed by atoms with van der Waals surface area (Å²) >= 11 is 0. The lowest BCUT2D eigenvalue weighted by molar-refractivity contribution is 0.0975. The maximum Gasteiger partial charge on any atom is 0.202 e. The van der Waals surface area contributed by atoms with Crippen molar-refractivity contribution in [2.75, 3.05) is 11.5 Å². The summed E-state index contributed by atoms with van der Waals surface area (Å²) in [6.45, 7) is 3.37. The van der Waals surface area contributed by atoms with Crippen molar-refractivity contribution in [1.82, 2.24) is 0 Å². The van der Waals surface area contributed by atoms with Crippen LogP contribution in [0, 0.1) is 6.92 Å². The van der Waals surface area contributed by atoms with Crippen molar-refractivity contribution in [2.45, 2.75) is 20.3 Å². The molecule has 0 unspecified atom stereocenters. The molecule has 6 heteroatoms. The van der Waals surface area contributed by atoms with Gasteiger partial charge in [-0.25, -0.2) is 0 Å². The van der Waals surface area contributed by atoms with Crippen molar-refractivity contribution in [2.24, 2.45) is 0 Å². The highest BCUT2D eigenvalue weighted by atomic mass is 16.3. The Hall–Kier alpha value is -3.02. The van der Waals surface area contributed by atoms with E-state index in [9.17, 15) is 19.8 Å². The van der Waals surface area contributed by atoms with Crippen molar-refractivity contribution in [1.29, 1.82) is 0 Å². The Bertz CT molecular complexity index is 900. The number of phenols is 2. The minimum absolute atomic E-state index is 0.0628. The highest BCUT2D eigenvalue weighted by Gasteiger charge is 2.38. The number of nitrogens with two attached hydrogens (primary N) is 2. The van der Waals surface area contributed by atoms with E-state index < -0.39 is 11.6 Å². The van der Waals surface area contributed by atoms with Gasteiger partial charge in [0.2, 0.25) is 5.78 Å². The number of ketones is 2. The molecule has 2 aromatic rings. The van der Waals surface area contributed by atoms with Crippen molar-refractivity contribution in [3.63, 3.8) is 0 Å². The summed E-state index contributed by atoms with van der Waals surface area (Å²) in [6.07, 6.45) is 0.444. The molecule has 23 heavy (non-hydrogen) atoms. The van der Waals surface area contributed by atoms with Crippen LogP contribution in [0.15, 0.2) is 12.1 Å². The predicted octanol–water partition coefficient (Wildman–Crippen LogP) is 1.91. The standard InChI is InChI=1S/C17H16N2O4/c1-3-7-5-9(19)11-13(15(7)21)17(23)12-10(16(11)22)8(18)4-6(2)14(12)20/h4-5,20-21H,3,18-19H2,1-2H3. The van der Waals surface area contributed by atoms with Gasteiger partial charge >= 0.3 is 0 Å². The molecule has 1 aliphatic carbocycles. The van der Waals surface area contributed by atoms with Crippen LogP contribution in [0.5, 0.6) is 11.5 Å². The zero-order valence-corrected chi connectivity index (χ0v) is 12.7. The summed E-state index contributed by atoms with van der Waals surface area (Å²) < 4.78 is 0. The Labute approximate surface area is 132 Å². The maximum atomic E-state index is 12.8. The zero-order valence-electron chi connectivity index (χ0n) is 12.7. The van der Waals surface area contributed by atoms with Gasteiger partial charge in [0.15, 0.2) is 5.78 Å². The highest BCUT2D eigenvalue weighted by Crippen LogP contribution is 2.43. The van der Waals surface area contributed by atoms with E-state index in [4.69, 9.17) is 11.5 Å². The number of carbonyl (C=O) groups excluding carboxylic acids is 2. The van der Waals surface area contributed by atoms with Crippen LogP contribution in [0.2, 0.25) is 0 Å². The van der Waals surface area contributed by atoms with Crippen LogP contribution in [0.4, 0.5) is 11.4 Å². The van der Waals surface area contributed by atoms with Gasteiger partial charge in [0, 0.05) is 11.4 Å². The smallest absolute Gasteiger partial charge is 0.202 e. The van der Waals surface area contributed by atoms with E-state index in [1.54, 1.807) is 13.8 Å². The second kappa shape index (κ2) is 4.74. The average Bonchev–Trinajstić information content (AvgIpc) is 2.50. The third-order valence-corrected chi connectivity index (χ3v) is 4.22. The fourth-order valence-corrected chi connectivity index (χ4v) is 3.04. The van der Waals surface area contributed by atoms with Crippen molar-refractivity contribution in [3.8, 4) is 11.5 Å². The van der Waals surface area contributed by atoms with Crippen LogP contribution in [-0.4, -0.2) is 21.8 Å². The Morgan fingerprint density at radius 3 is 1.91 bits per heavy atom. The molecule has 0 aliphatic heterocycles. The number of hydrogen-bond donors (Lipinski definition) is 4. The first-order valence-electron chi connectivity index (χ1n) is 7.15. The molecule has 0 heterocycles. The van der Waals surface area contributed by atoms with Crippen LogP contribution < -0.4 is 11.5 Å². The van der Waals surface area contributed by atoms with Gasteiger partial charge in [0.25, 0.3) is 0 Å². The van der Waals surface area contributed by atoms with E-state index in [-0.39, 0.29) is 45.1 Å². The first-order chi connectivity index (χ1) is 10.8. The molecule has 6 N–H and O–H groups in total. The molecule has 3 rings (SSSR count). The second-order valence-electron chi connectivity index (χ2n) is 5.62. The quantitative estimate of drug-likeness (QED) is 0.401. The fraction of sp³-hybridized carbons (Fsp3) is 0.176. The predicted molar refractivity (Wildman–Crippen MR) is 86.0 cm³/mol. The number of carbonyl (C=O) groups is 2. The third kappa shape index (κ3) is 1.81. The minimum Gasteiger partial charge on any atom is -0.507 e. The van der Waals surface area contributed by atoms with Gasteiger partial charge < -0.3 is 21.7 Å². The number of rotatable bonds is 1. The number of nitrogen functional groups attached to an aromatic ring is 2. The molecular weight excluding hydrogens is 296 g/mol. The largest absolute Gasteiger partial charge is 0.507 e. The molecule has 0 saturated heterocycles. The second-order valence-corrected chi connectivity index (χ2v) is 5.62. The molecule has 6 nitrogen and oxygen atoms in total. The van der Waals surface area contributed by atoms with Gasteiger partial charge in [0.1, 0.15) is 11.5 Å². The normalized spacial score (nSPS) is 13.0. The number of fused-ring (bicyclic) bond motifs is 2.